The van der Waals surface area contributed by atoms with Gasteiger partial charge in [-0.2, -0.15) is 13.2 Å². The maximum Gasteiger partial charge on any atom is 0.416 e. The molecule has 0 radical (unpaired) electrons. The summed E-state index contributed by atoms with van der Waals surface area (Å²) in [6.45, 7) is 8.02. The van der Waals surface area contributed by atoms with Crippen molar-refractivity contribution in [2.24, 2.45) is 4.99 Å². The number of halogens is 4. The Morgan fingerprint density at radius 1 is 1.25 bits per heavy atom. The number of aliphatic hydroxyl groups excluding tert-OH is 1. The SMILES string of the molecule is CCNC(=NCC(O)COc1ccc(C(F)(F)F)cc1)N1CCC(N2CCOCC2)C1.I. The number of benzene rings is 1. The van der Waals surface area contributed by atoms with Crippen LogP contribution in [0.3, 0.4) is 0 Å². The average molecular weight is 572 g/mol. The monoisotopic (exact) mass is 572 g/mol. The molecular formula is C21H32F3IN4O3. The Kier molecular flexibility index (Phi) is 10.8. The van der Waals surface area contributed by atoms with Gasteiger partial charge in [-0.1, -0.05) is 0 Å². The first-order valence-electron chi connectivity index (χ1n) is 10.7. The second-order valence-electron chi connectivity index (χ2n) is 7.72. The fraction of sp³-hybridized carbons (Fsp3) is 0.667. The molecule has 1 aromatic carbocycles. The molecule has 2 aliphatic rings. The summed E-state index contributed by atoms with van der Waals surface area (Å²) >= 11 is 0. The zero-order chi connectivity index (χ0) is 22.3. The topological polar surface area (TPSA) is 69.6 Å². The molecule has 2 saturated heterocycles. The quantitative estimate of drug-likeness (QED) is 0.298. The van der Waals surface area contributed by atoms with Gasteiger partial charge in [0.2, 0.25) is 0 Å². The van der Waals surface area contributed by atoms with Gasteiger partial charge in [0.05, 0.1) is 25.3 Å². The second kappa shape index (κ2) is 12.8. The number of ether oxygens (including phenoxy) is 2. The van der Waals surface area contributed by atoms with Gasteiger partial charge in [0.25, 0.3) is 0 Å². The molecule has 7 nitrogen and oxygen atoms in total. The van der Waals surface area contributed by atoms with Crippen molar-refractivity contribution >= 4 is 29.9 Å². The van der Waals surface area contributed by atoms with Crippen LogP contribution in [0.5, 0.6) is 5.75 Å². The van der Waals surface area contributed by atoms with Crippen LogP contribution in [-0.4, -0.2) is 92.1 Å². The molecule has 32 heavy (non-hydrogen) atoms. The Hall–Kier alpha value is -1.31. The number of alkyl halides is 3. The van der Waals surface area contributed by atoms with Crippen molar-refractivity contribution in [1.82, 2.24) is 15.1 Å². The van der Waals surface area contributed by atoms with E-state index in [1.807, 2.05) is 6.92 Å². The number of hydrogen-bond acceptors (Lipinski definition) is 5. The Balaban J connectivity index is 0.00000363. The number of likely N-dealkylation sites (tertiary alicyclic amines) is 1. The smallest absolute Gasteiger partial charge is 0.416 e. The molecule has 0 saturated carbocycles. The van der Waals surface area contributed by atoms with Crippen molar-refractivity contribution in [2.45, 2.75) is 31.7 Å². The molecule has 182 valence electrons. The van der Waals surface area contributed by atoms with Crippen molar-refractivity contribution in [3.63, 3.8) is 0 Å². The summed E-state index contributed by atoms with van der Waals surface area (Å²) in [6, 6.07) is 4.89. The van der Waals surface area contributed by atoms with Gasteiger partial charge in [0.15, 0.2) is 5.96 Å². The number of nitrogens with one attached hydrogen (secondary N) is 1. The third-order valence-electron chi connectivity index (χ3n) is 5.44. The van der Waals surface area contributed by atoms with Crippen LogP contribution in [0, 0.1) is 0 Å². The van der Waals surface area contributed by atoms with Gasteiger partial charge >= 0.3 is 6.18 Å². The molecule has 0 aromatic heterocycles. The summed E-state index contributed by atoms with van der Waals surface area (Å²) in [5, 5.41) is 13.5. The lowest BCUT2D eigenvalue weighted by Crippen LogP contribution is -2.46. The number of rotatable bonds is 7. The first kappa shape index (κ1) is 26.9. The third-order valence-corrected chi connectivity index (χ3v) is 5.44. The first-order valence-corrected chi connectivity index (χ1v) is 10.7. The Bertz CT molecular complexity index is 715. The van der Waals surface area contributed by atoms with Crippen LogP contribution in [0.25, 0.3) is 0 Å². The second-order valence-corrected chi connectivity index (χ2v) is 7.72. The first-order chi connectivity index (χ1) is 14.9. The molecule has 2 fully saturated rings. The van der Waals surface area contributed by atoms with Crippen molar-refractivity contribution in [1.29, 1.82) is 0 Å². The molecule has 11 heteroatoms. The van der Waals surface area contributed by atoms with Gasteiger partial charge in [0.1, 0.15) is 18.5 Å². The van der Waals surface area contributed by atoms with E-state index in [4.69, 9.17) is 9.47 Å². The lowest BCUT2D eigenvalue weighted by Gasteiger charge is -2.32. The zero-order valence-electron chi connectivity index (χ0n) is 18.2. The lowest BCUT2D eigenvalue weighted by molar-refractivity contribution is -0.137. The van der Waals surface area contributed by atoms with Crippen LogP contribution in [0.4, 0.5) is 13.2 Å². The molecule has 2 N–H and O–H groups in total. The Morgan fingerprint density at radius 3 is 2.56 bits per heavy atom. The summed E-state index contributed by atoms with van der Waals surface area (Å²) in [6.07, 6.45) is -4.19. The molecule has 0 spiro atoms. The van der Waals surface area contributed by atoms with E-state index >= 15 is 0 Å². The van der Waals surface area contributed by atoms with Crippen LogP contribution in [0.2, 0.25) is 0 Å². The van der Waals surface area contributed by atoms with Gasteiger partial charge in [-0.3, -0.25) is 9.89 Å². The van der Waals surface area contributed by atoms with Crippen LogP contribution < -0.4 is 10.1 Å². The summed E-state index contributed by atoms with van der Waals surface area (Å²) in [5.74, 6) is 1.03. The molecule has 2 atom stereocenters. The minimum atomic E-state index is -4.38. The Labute approximate surface area is 204 Å². The van der Waals surface area contributed by atoms with E-state index in [9.17, 15) is 18.3 Å². The molecule has 2 unspecified atom stereocenters. The van der Waals surface area contributed by atoms with Crippen LogP contribution in [-0.2, 0) is 10.9 Å². The fourth-order valence-electron chi connectivity index (χ4n) is 3.78. The van der Waals surface area contributed by atoms with Gasteiger partial charge < -0.3 is 24.8 Å². The highest BCUT2D eigenvalue weighted by Gasteiger charge is 2.31. The maximum atomic E-state index is 12.6. The molecule has 0 amide bonds. The summed E-state index contributed by atoms with van der Waals surface area (Å²) in [4.78, 5) is 9.20. The predicted octanol–water partition coefficient (Wildman–Crippen LogP) is 2.44. The lowest BCUT2D eigenvalue weighted by atomic mass is 10.2. The fourth-order valence-corrected chi connectivity index (χ4v) is 3.78. The van der Waals surface area contributed by atoms with Crippen molar-refractivity contribution < 1.29 is 27.8 Å². The highest BCUT2D eigenvalue weighted by Crippen LogP contribution is 2.30. The van der Waals surface area contributed by atoms with E-state index in [-0.39, 0.29) is 42.9 Å². The number of aliphatic imine (C=N–C) groups is 1. The molecular weight excluding hydrogens is 540 g/mol. The number of guanidine groups is 1. The molecule has 3 rings (SSSR count). The van der Waals surface area contributed by atoms with Crippen molar-refractivity contribution in [3.8, 4) is 5.75 Å². The molecule has 0 aliphatic carbocycles. The van der Waals surface area contributed by atoms with Crippen molar-refractivity contribution in [2.75, 3.05) is 59.1 Å². The molecule has 2 aliphatic heterocycles. The van der Waals surface area contributed by atoms with E-state index in [0.29, 0.717) is 6.04 Å². The average Bonchev–Trinajstić information content (AvgIpc) is 3.25. The van der Waals surface area contributed by atoms with Crippen LogP contribution in [0.1, 0.15) is 18.9 Å². The largest absolute Gasteiger partial charge is 0.491 e. The van der Waals surface area contributed by atoms with Crippen LogP contribution in [0.15, 0.2) is 29.3 Å². The van der Waals surface area contributed by atoms with Crippen molar-refractivity contribution in [3.05, 3.63) is 29.8 Å². The Morgan fingerprint density at radius 2 is 1.94 bits per heavy atom. The number of nitrogens with zero attached hydrogens (tertiary/aromatic N) is 3. The van der Waals surface area contributed by atoms with Gasteiger partial charge in [-0.15, -0.1) is 24.0 Å². The van der Waals surface area contributed by atoms with E-state index in [0.717, 1.165) is 70.5 Å². The number of aliphatic hydroxyl groups is 1. The number of morpholine rings is 1. The van der Waals surface area contributed by atoms with E-state index in [1.165, 1.54) is 12.1 Å². The normalized spacial score (nSPS) is 21.2. The molecule has 1 aromatic rings. The molecule has 2 heterocycles. The minimum absolute atomic E-state index is 0. The summed E-state index contributed by atoms with van der Waals surface area (Å²) in [7, 11) is 0. The van der Waals surface area contributed by atoms with Gasteiger partial charge in [-0.25, -0.2) is 0 Å². The van der Waals surface area contributed by atoms with E-state index < -0.39 is 17.8 Å². The van der Waals surface area contributed by atoms with Crippen LogP contribution >= 0.6 is 24.0 Å². The minimum Gasteiger partial charge on any atom is -0.491 e. The predicted molar refractivity (Wildman–Crippen MR) is 127 cm³/mol. The highest BCUT2D eigenvalue weighted by molar-refractivity contribution is 14.0. The highest BCUT2D eigenvalue weighted by atomic mass is 127. The zero-order valence-corrected chi connectivity index (χ0v) is 20.5. The number of hydrogen-bond donors (Lipinski definition) is 2. The van der Waals surface area contributed by atoms with E-state index in [2.05, 4.69) is 20.1 Å². The van der Waals surface area contributed by atoms with E-state index in [1.54, 1.807) is 0 Å². The van der Waals surface area contributed by atoms with Gasteiger partial charge in [-0.05, 0) is 37.6 Å². The third kappa shape index (κ3) is 7.92. The standard InChI is InChI=1S/C21H31F3N4O3.HI/c1-2-25-20(28-8-7-17(14-28)27-9-11-30-12-10-27)26-13-18(29)15-31-19-5-3-16(4-6-19)21(22,23)24;/h3-6,17-18,29H,2,7-15H2,1H3,(H,25,26);1H. The molecule has 0 bridgehead atoms. The summed E-state index contributed by atoms with van der Waals surface area (Å²) in [5.41, 5.74) is -0.735. The van der Waals surface area contributed by atoms with Gasteiger partial charge in [0, 0.05) is 38.8 Å². The summed E-state index contributed by atoms with van der Waals surface area (Å²) < 4.78 is 48.7. The maximum absolute atomic E-state index is 12.6.